The van der Waals surface area contributed by atoms with Crippen LogP contribution in [0.3, 0.4) is 0 Å². The van der Waals surface area contributed by atoms with Crippen molar-refractivity contribution in [2.24, 2.45) is 11.8 Å². The quantitative estimate of drug-likeness (QED) is 0.0920. The fourth-order valence-electron chi connectivity index (χ4n) is 7.71. The summed E-state index contributed by atoms with van der Waals surface area (Å²) in [5.41, 5.74) is 2.80. The molecule has 4 rings (SSSR count). The Morgan fingerprint density at radius 1 is 0.625 bits per heavy atom. The summed E-state index contributed by atoms with van der Waals surface area (Å²) in [5, 5.41) is 7.74. The summed E-state index contributed by atoms with van der Waals surface area (Å²) in [6.07, 6.45) is 38.1. The van der Waals surface area contributed by atoms with Gasteiger partial charge in [-0.1, -0.05) is 150 Å². The summed E-state index contributed by atoms with van der Waals surface area (Å²) in [5.74, 6) is 1.71. The highest BCUT2D eigenvalue weighted by Gasteiger charge is 2.16. The lowest BCUT2D eigenvalue weighted by Gasteiger charge is -2.26. The Morgan fingerprint density at radius 3 is 1.79 bits per heavy atom. The van der Waals surface area contributed by atoms with Crippen molar-refractivity contribution in [3.63, 3.8) is 0 Å². The van der Waals surface area contributed by atoms with Gasteiger partial charge in [0.2, 0.25) is 0 Å². The standard InChI is InChI=1S/C23H39N.C23H35N/c2*1-2-3-13-22(20-24-23-18-11-6-12-19-23)17-10-5-9-16-21-14-7-4-8-15-21/h4,7-8,14-15,22-24H,2-3,5-6,9-13,16-20H2,1H3;2,4,7-9,14-16,22-24H,1,3,5-6,10-13,17-20H2/b;16-9+. The van der Waals surface area contributed by atoms with Gasteiger partial charge in [0.25, 0.3) is 0 Å². The van der Waals surface area contributed by atoms with Gasteiger partial charge in [-0.15, -0.1) is 6.58 Å². The first-order valence-corrected chi connectivity index (χ1v) is 20.6. The average molecular weight is 655 g/mol. The summed E-state index contributed by atoms with van der Waals surface area (Å²) in [6.45, 7) is 8.68. The van der Waals surface area contributed by atoms with E-state index < -0.39 is 0 Å². The molecule has 0 radical (unpaired) electrons. The Hall–Kier alpha value is -2.16. The minimum Gasteiger partial charge on any atom is -0.314 e. The smallest absolute Gasteiger partial charge is 0.00671 e. The van der Waals surface area contributed by atoms with Gasteiger partial charge in [-0.25, -0.2) is 0 Å². The Kier molecular flexibility index (Phi) is 23.2. The molecule has 0 saturated heterocycles. The van der Waals surface area contributed by atoms with Crippen LogP contribution < -0.4 is 10.6 Å². The number of unbranched alkanes of at least 4 members (excludes halogenated alkanes) is 4. The lowest BCUT2D eigenvalue weighted by atomic mass is 9.92. The molecule has 2 nitrogen and oxygen atoms in total. The van der Waals surface area contributed by atoms with Crippen LogP contribution in [0.4, 0.5) is 0 Å². The van der Waals surface area contributed by atoms with Crippen LogP contribution in [-0.4, -0.2) is 25.2 Å². The van der Waals surface area contributed by atoms with E-state index in [4.69, 9.17) is 0 Å². The molecule has 0 heterocycles. The zero-order valence-corrected chi connectivity index (χ0v) is 31.2. The third-order valence-corrected chi connectivity index (χ3v) is 10.9. The molecule has 0 amide bonds. The van der Waals surface area contributed by atoms with Crippen molar-refractivity contribution in [2.75, 3.05) is 13.1 Å². The highest BCUT2D eigenvalue weighted by atomic mass is 14.9. The second kappa shape index (κ2) is 27.6. The van der Waals surface area contributed by atoms with Crippen LogP contribution in [0, 0.1) is 11.8 Å². The summed E-state index contributed by atoms with van der Waals surface area (Å²) in [6, 6.07) is 23.2. The van der Waals surface area contributed by atoms with Crippen molar-refractivity contribution in [3.8, 4) is 0 Å². The minimum absolute atomic E-state index is 0.781. The molecular weight excluding hydrogens is 581 g/mol. The Morgan fingerprint density at radius 2 is 1.19 bits per heavy atom. The van der Waals surface area contributed by atoms with Crippen LogP contribution in [0.5, 0.6) is 0 Å². The van der Waals surface area contributed by atoms with E-state index >= 15 is 0 Å². The first-order valence-electron chi connectivity index (χ1n) is 20.6. The summed E-state index contributed by atoms with van der Waals surface area (Å²) >= 11 is 0. The minimum atomic E-state index is 0.781. The fourth-order valence-corrected chi connectivity index (χ4v) is 7.71. The number of hydrogen-bond acceptors (Lipinski definition) is 2. The number of aryl methyl sites for hydroxylation is 1. The first kappa shape index (κ1) is 40.3. The van der Waals surface area contributed by atoms with E-state index in [9.17, 15) is 0 Å². The highest BCUT2D eigenvalue weighted by Crippen LogP contribution is 2.22. The molecule has 268 valence electrons. The van der Waals surface area contributed by atoms with Gasteiger partial charge in [0.15, 0.2) is 0 Å². The third-order valence-electron chi connectivity index (χ3n) is 10.9. The van der Waals surface area contributed by atoms with Crippen molar-refractivity contribution < 1.29 is 0 Å². The second-order valence-electron chi connectivity index (χ2n) is 15.1. The molecule has 2 aliphatic rings. The molecule has 2 aliphatic carbocycles. The molecule has 0 spiro atoms. The SMILES string of the molecule is C=CCCC(CCC/C=C/c1ccccc1)CNC1CCCCC1.CCCCC(CCCCCc1ccccc1)CNC1CCCCC1. The van der Waals surface area contributed by atoms with Crippen molar-refractivity contribution >= 4 is 6.08 Å². The van der Waals surface area contributed by atoms with Crippen LogP contribution >= 0.6 is 0 Å². The molecule has 2 saturated carbocycles. The van der Waals surface area contributed by atoms with Gasteiger partial charge in [0, 0.05) is 12.1 Å². The molecule has 2 aromatic rings. The van der Waals surface area contributed by atoms with E-state index in [0.717, 1.165) is 30.3 Å². The molecule has 0 aromatic heterocycles. The van der Waals surface area contributed by atoms with Gasteiger partial charge in [0.05, 0.1) is 0 Å². The van der Waals surface area contributed by atoms with Gasteiger partial charge in [0.1, 0.15) is 0 Å². The molecule has 2 heteroatoms. The normalized spacial score (nSPS) is 17.1. The van der Waals surface area contributed by atoms with Crippen LogP contribution in [0.15, 0.2) is 79.4 Å². The Balaban J connectivity index is 0.000000260. The van der Waals surface area contributed by atoms with Crippen molar-refractivity contribution in [2.45, 2.75) is 167 Å². The first-order chi connectivity index (χ1) is 23.8. The lowest BCUT2D eigenvalue weighted by Crippen LogP contribution is -2.34. The van der Waals surface area contributed by atoms with Crippen LogP contribution in [0.1, 0.15) is 159 Å². The summed E-state index contributed by atoms with van der Waals surface area (Å²) in [7, 11) is 0. The monoisotopic (exact) mass is 655 g/mol. The van der Waals surface area contributed by atoms with Crippen molar-refractivity contribution in [1.82, 2.24) is 10.6 Å². The van der Waals surface area contributed by atoms with Gasteiger partial charge in [-0.2, -0.15) is 0 Å². The highest BCUT2D eigenvalue weighted by molar-refractivity contribution is 5.48. The largest absolute Gasteiger partial charge is 0.314 e. The second-order valence-corrected chi connectivity index (χ2v) is 15.1. The summed E-state index contributed by atoms with van der Waals surface area (Å²) in [4.78, 5) is 0. The molecular formula is C46H74N2. The number of allylic oxidation sites excluding steroid dienone is 2. The third kappa shape index (κ3) is 19.7. The summed E-state index contributed by atoms with van der Waals surface area (Å²) < 4.78 is 0. The van der Waals surface area contributed by atoms with Crippen LogP contribution in [0.25, 0.3) is 6.08 Å². The molecule has 2 unspecified atom stereocenters. The van der Waals surface area contributed by atoms with Gasteiger partial charge in [-0.05, 0) is 120 Å². The Bertz CT molecular complexity index is 1020. The van der Waals surface area contributed by atoms with E-state index in [2.05, 4.69) is 103 Å². The van der Waals surface area contributed by atoms with Gasteiger partial charge in [-0.3, -0.25) is 0 Å². The van der Waals surface area contributed by atoms with E-state index in [1.165, 1.54) is 165 Å². The maximum atomic E-state index is 3.90. The van der Waals surface area contributed by atoms with E-state index in [1.54, 1.807) is 0 Å². The van der Waals surface area contributed by atoms with E-state index in [0.29, 0.717) is 0 Å². The maximum Gasteiger partial charge on any atom is 0.00671 e. The van der Waals surface area contributed by atoms with E-state index in [-0.39, 0.29) is 0 Å². The molecule has 48 heavy (non-hydrogen) atoms. The van der Waals surface area contributed by atoms with Crippen molar-refractivity contribution in [1.29, 1.82) is 0 Å². The molecule has 2 fully saturated rings. The van der Waals surface area contributed by atoms with Crippen molar-refractivity contribution in [3.05, 3.63) is 90.5 Å². The predicted octanol–water partition coefficient (Wildman–Crippen LogP) is 12.9. The van der Waals surface area contributed by atoms with Crippen LogP contribution in [-0.2, 0) is 6.42 Å². The lowest BCUT2D eigenvalue weighted by molar-refractivity contribution is 0.322. The predicted molar refractivity (Wildman–Crippen MR) is 214 cm³/mol. The maximum absolute atomic E-state index is 3.90. The number of nitrogens with one attached hydrogen (secondary N) is 2. The number of rotatable bonds is 23. The molecule has 0 aliphatic heterocycles. The number of benzene rings is 2. The van der Waals surface area contributed by atoms with Gasteiger partial charge >= 0.3 is 0 Å². The topological polar surface area (TPSA) is 24.1 Å². The Labute approximate surface area is 298 Å². The van der Waals surface area contributed by atoms with Crippen LogP contribution in [0.2, 0.25) is 0 Å². The number of hydrogen-bond donors (Lipinski definition) is 2. The molecule has 2 aromatic carbocycles. The average Bonchev–Trinajstić information content (AvgIpc) is 3.15. The molecule has 0 bridgehead atoms. The molecule has 2 N–H and O–H groups in total. The van der Waals surface area contributed by atoms with Gasteiger partial charge < -0.3 is 10.6 Å². The fraction of sp³-hybridized carbons (Fsp3) is 0.652. The molecule has 2 atom stereocenters. The zero-order valence-electron chi connectivity index (χ0n) is 31.2. The zero-order chi connectivity index (χ0) is 33.7. The van der Waals surface area contributed by atoms with E-state index in [1.807, 2.05) is 0 Å².